The van der Waals surface area contributed by atoms with Gasteiger partial charge in [0.25, 0.3) is 0 Å². The van der Waals surface area contributed by atoms with Crippen molar-refractivity contribution in [3.63, 3.8) is 0 Å². The van der Waals surface area contributed by atoms with Gasteiger partial charge in [-0.05, 0) is 50.1 Å². The van der Waals surface area contributed by atoms with Crippen LogP contribution in [0.5, 0.6) is 11.5 Å². The highest BCUT2D eigenvalue weighted by atomic mass is 16.5. The summed E-state index contributed by atoms with van der Waals surface area (Å²) in [6.45, 7) is 5.37. The smallest absolute Gasteiger partial charge is 0.176 e. The Morgan fingerprint density at radius 2 is 1.84 bits per heavy atom. The Labute approximate surface area is 188 Å². The van der Waals surface area contributed by atoms with Gasteiger partial charge in [-0.3, -0.25) is 4.79 Å². The molecule has 1 saturated heterocycles. The first-order valence-corrected chi connectivity index (χ1v) is 10.6. The highest BCUT2D eigenvalue weighted by molar-refractivity contribution is 5.91. The summed E-state index contributed by atoms with van der Waals surface area (Å²) in [5, 5.41) is 20.7. The highest BCUT2D eigenvalue weighted by Crippen LogP contribution is 2.55. The van der Waals surface area contributed by atoms with Crippen molar-refractivity contribution < 1.29 is 14.3 Å². The molecule has 6 heteroatoms. The fraction of sp³-hybridized carbons (Fsp3) is 0.346. The summed E-state index contributed by atoms with van der Waals surface area (Å²) in [5.74, 6) is 0.312. The first kappa shape index (κ1) is 21.5. The second-order valence-corrected chi connectivity index (χ2v) is 8.47. The highest BCUT2D eigenvalue weighted by Gasteiger charge is 2.62. The van der Waals surface area contributed by atoms with E-state index >= 15 is 0 Å². The number of Topliss-reactive ketones (excluding diaryl/α,β-unsaturated/α-hetero) is 1. The number of para-hydroxylation sites is 1. The molecule has 2 aliphatic rings. The minimum Gasteiger partial charge on any atom is -0.493 e. The minimum absolute atomic E-state index is 0.0425. The molecule has 2 aromatic carbocycles. The molecular formula is C26H25N3O3. The summed E-state index contributed by atoms with van der Waals surface area (Å²) < 4.78 is 11.4. The zero-order valence-corrected chi connectivity index (χ0v) is 18.6. The predicted octanol–water partition coefficient (Wildman–Crippen LogP) is 4.47. The summed E-state index contributed by atoms with van der Waals surface area (Å²) in [6, 6.07) is 16.5. The van der Waals surface area contributed by atoms with Crippen LogP contribution in [0.15, 0.2) is 48.5 Å². The third-order valence-corrected chi connectivity index (χ3v) is 6.24. The Morgan fingerprint density at radius 1 is 1.12 bits per heavy atom. The Balaban J connectivity index is 1.93. The van der Waals surface area contributed by atoms with Crippen LogP contribution in [0.2, 0.25) is 0 Å². The van der Waals surface area contributed by atoms with E-state index in [1.54, 1.807) is 19.2 Å². The number of ether oxygens (including phenoxy) is 2. The molecule has 32 heavy (non-hydrogen) atoms. The van der Waals surface area contributed by atoms with E-state index in [2.05, 4.69) is 12.1 Å². The zero-order chi connectivity index (χ0) is 23.0. The normalized spacial score (nSPS) is 22.5. The third-order valence-electron chi connectivity index (χ3n) is 6.24. The molecule has 2 heterocycles. The molecular weight excluding hydrogens is 402 g/mol. The molecule has 0 amide bonds. The second-order valence-electron chi connectivity index (χ2n) is 8.47. The van der Waals surface area contributed by atoms with E-state index in [4.69, 9.17) is 9.47 Å². The Kier molecular flexibility index (Phi) is 5.40. The van der Waals surface area contributed by atoms with Crippen LogP contribution in [0, 0.1) is 28.1 Å². The Morgan fingerprint density at radius 3 is 2.47 bits per heavy atom. The molecule has 2 aromatic rings. The van der Waals surface area contributed by atoms with Crippen molar-refractivity contribution in [1.29, 1.82) is 10.5 Å². The number of hydrogen-bond acceptors (Lipinski definition) is 6. The molecule has 0 N–H and O–H groups in total. The predicted molar refractivity (Wildman–Crippen MR) is 121 cm³/mol. The van der Waals surface area contributed by atoms with Crippen LogP contribution in [-0.4, -0.2) is 31.1 Å². The van der Waals surface area contributed by atoms with Crippen LogP contribution in [0.4, 0.5) is 5.69 Å². The first-order chi connectivity index (χ1) is 15.4. The maximum absolute atomic E-state index is 13.0. The summed E-state index contributed by atoms with van der Waals surface area (Å²) >= 11 is 0. The summed E-state index contributed by atoms with van der Waals surface area (Å²) in [7, 11) is 1.55. The fourth-order valence-electron chi connectivity index (χ4n) is 4.99. The lowest BCUT2D eigenvalue weighted by Gasteiger charge is -2.35. The zero-order valence-electron chi connectivity index (χ0n) is 18.6. The molecule has 4 rings (SSSR count). The Bertz CT molecular complexity index is 1160. The maximum atomic E-state index is 13.0. The van der Waals surface area contributed by atoms with Crippen molar-refractivity contribution in [2.24, 2.45) is 5.41 Å². The number of nitrogens with zero attached hydrogens (tertiary/aromatic N) is 3. The summed E-state index contributed by atoms with van der Waals surface area (Å²) in [4.78, 5) is 15.0. The largest absolute Gasteiger partial charge is 0.493 e. The first-order valence-electron chi connectivity index (χ1n) is 10.6. The van der Waals surface area contributed by atoms with E-state index in [0.717, 1.165) is 11.3 Å². The van der Waals surface area contributed by atoms with Crippen LogP contribution in [-0.2, 0) is 4.79 Å². The number of carbonyl (C=O) groups is 1. The van der Waals surface area contributed by atoms with E-state index in [1.807, 2.05) is 61.2 Å². The van der Waals surface area contributed by atoms with E-state index in [1.165, 1.54) is 6.92 Å². The molecule has 0 aromatic heterocycles. The standard InChI is InChI=1S/C26H25N3O3/c1-16(2)32-21-11-9-19(13-22(21)31-4)24-25(17(3)30)29-20-8-6-5-7-18(20)10-12-23(29)26(24,14-27)15-28/h5-13,16,23-25H,1-4H3/t23-,24-,25+/m1/s1. The molecule has 0 bridgehead atoms. The van der Waals surface area contributed by atoms with E-state index in [-0.39, 0.29) is 11.9 Å². The van der Waals surface area contributed by atoms with Crippen LogP contribution >= 0.6 is 0 Å². The van der Waals surface area contributed by atoms with Gasteiger partial charge in [0.2, 0.25) is 0 Å². The lowest BCUT2D eigenvalue weighted by Crippen LogP contribution is -2.43. The lowest BCUT2D eigenvalue weighted by molar-refractivity contribution is -0.118. The van der Waals surface area contributed by atoms with E-state index < -0.39 is 23.4 Å². The number of hydrogen-bond donors (Lipinski definition) is 0. The van der Waals surface area contributed by atoms with Crippen molar-refractivity contribution in [3.8, 4) is 23.6 Å². The molecule has 0 radical (unpaired) electrons. The average Bonchev–Trinajstić information content (AvgIpc) is 3.10. The fourth-order valence-corrected chi connectivity index (χ4v) is 4.99. The van der Waals surface area contributed by atoms with E-state index in [0.29, 0.717) is 17.1 Å². The van der Waals surface area contributed by atoms with Crippen molar-refractivity contribution in [2.75, 3.05) is 12.0 Å². The van der Waals surface area contributed by atoms with Crippen molar-refractivity contribution in [1.82, 2.24) is 0 Å². The molecule has 6 nitrogen and oxygen atoms in total. The molecule has 1 fully saturated rings. The molecule has 0 unspecified atom stereocenters. The number of ketones is 1. The number of anilines is 1. The van der Waals surface area contributed by atoms with Gasteiger partial charge in [-0.15, -0.1) is 0 Å². The number of carbonyl (C=O) groups excluding carboxylic acids is 1. The van der Waals surface area contributed by atoms with Crippen LogP contribution < -0.4 is 14.4 Å². The number of methoxy groups -OCH3 is 1. The van der Waals surface area contributed by atoms with E-state index in [9.17, 15) is 15.3 Å². The summed E-state index contributed by atoms with van der Waals surface area (Å²) in [5.41, 5.74) is 1.05. The van der Waals surface area contributed by atoms with Gasteiger partial charge in [0, 0.05) is 11.6 Å². The lowest BCUT2D eigenvalue weighted by atomic mass is 9.69. The van der Waals surface area contributed by atoms with Crippen molar-refractivity contribution in [3.05, 3.63) is 59.7 Å². The Hall–Kier alpha value is -3.77. The SMILES string of the molecule is COc1cc([C@@H]2[C@H](C(C)=O)N3c4ccccc4C=C[C@@H]3C2(C#N)C#N)ccc1OC(C)C. The van der Waals surface area contributed by atoms with Crippen molar-refractivity contribution in [2.45, 2.75) is 44.9 Å². The maximum Gasteiger partial charge on any atom is 0.176 e. The second kappa shape index (κ2) is 8.05. The van der Waals surface area contributed by atoms with Gasteiger partial charge in [0.15, 0.2) is 22.7 Å². The minimum atomic E-state index is -1.45. The van der Waals surface area contributed by atoms with Crippen molar-refractivity contribution >= 4 is 17.5 Å². The number of nitriles is 2. The average molecular weight is 428 g/mol. The van der Waals surface area contributed by atoms with Gasteiger partial charge in [-0.1, -0.05) is 36.4 Å². The van der Waals surface area contributed by atoms with Crippen LogP contribution in [0.3, 0.4) is 0 Å². The van der Waals surface area contributed by atoms with Gasteiger partial charge >= 0.3 is 0 Å². The summed E-state index contributed by atoms with van der Waals surface area (Å²) in [6.07, 6.45) is 3.76. The van der Waals surface area contributed by atoms with Gasteiger partial charge in [-0.25, -0.2) is 0 Å². The molecule has 162 valence electrons. The molecule has 3 atom stereocenters. The van der Waals surface area contributed by atoms with Crippen LogP contribution in [0.25, 0.3) is 6.08 Å². The molecule has 0 aliphatic carbocycles. The molecule has 0 spiro atoms. The number of fused-ring (bicyclic) bond motifs is 3. The van der Waals surface area contributed by atoms with Gasteiger partial charge in [-0.2, -0.15) is 10.5 Å². The molecule has 0 saturated carbocycles. The quantitative estimate of drug-likeness (QED) is 0.700. The van der Waals surface area contributed by atoms with Gasteiger partial charge in [0.05, 0.1) is 37.4 Å². The van der Waals surface area contributed by atoms with Crippen LogP contribution in [0.1, 0.15) is 37.8 Å². The topological polar surface area (TPSA) is 86.4 Å². The number of benzene rings is 2. The number of rotatable bonds is 5. The molecule has 2 aliphatic heterocycles. The third kappa shape index (κ3) is 3.11. The monoisotopic (exact) mass is 427 g/mol. The van der Waals surface area contributed by atoms with Gasteiger partial charge in [0.1, 0.15) is 0 Å². The van der Waals surface area contributed by atoms with Gasteiger partial charge < -0.3 is 14.4 Å².